The minimum Gasteiger partial charge on any atom is -0.329 e. The van der Waals surface area contributed by atoms with Gasteiger partial charge in [-0.15, -0.1) is 0 Å². The smallest absolute Gasteiger partial charge is 0.0319 e. The first-order chi connectivity index (χ1) is 6.66. The molecule has 78 valence electrons. The fourth-order valence-electron chi connectivity index (χ4n) is 1.69. The Balaban J connectivity index is 2.78. The van der Waals surface area contributed by atoms with Crippen LogP contribution in [0.3, 0.4) is 0 Å². The lowest BCUT2D eigenvalue weighted by atomic mass is 10.0. The average Bonchev–Trinajstić information content (AvgIpc) is 2.18. The van der Waals surface area contributed by atoms with Crippen molar-refractivity contribution < 1.29 is 0 Å². The molecule has 1 aromatic rings. The van der Waals surface area contributed by atoms with Gasteiger partial charge in [0, 0.05) is 19.1 Å². The first-order valence-electron chi connectivity index (χ1n) is 5.12. The third kappa shape index (κ3) is 2.56. The topological polar surface area (TPSA) is 29.3 Å². The van der Waals surface area contributed by atoms with Crippen LogP contribution in [0.4, 0.5) is 0 Å². The van der Waals surface area contributed by atoms with E-state index in [1.165, 1.54) is 11.1 Å². The van der Waals surface area contributed by atoms with Crippen molar-refractivity contribution in [2.24, 2.45) is 5.73 Å². The SMILES string of the molecule is Cc1ccccc1C(C)N(C)CCN. The highest BCUT2D eigenvalue weighted by Gasteiger charge is 2.11. The molecule has 2 heteroatoms. The molecule has 2 nitrogen and oxygen atoms in total. The molecular weight excluding hydrogens is 172 g/mol. The molecule has 0 saturated carbocycles. The predicted molar refractivity (Wildman–Crippen MR) is 61.3 cm³/mol. The summed E-state index contributed by atoms with van der Waals surface area (Å²) in [4.78, 5) is 2.28. The van der Waals surface area contributed by atoms with Gasteiger partial charge in [0.2, 0.25) is 0 Å². The van der Waals surface area contributed by atoms with E-state index in [9.17, 15) is 0 Å². The van der Waals surface area contributed by atoms with Crippen molar-refractivity contribution in [1.82, 2.24) is 4.90 Å². The second-order valence-electron chi connectivity index (χ2n) is 3.80. The molecular formula is C12H20N2. The highest BCUT2D eigenvalue weighted by atomic mass is 15.1. The van der Waals surface area contributed by atoms with Gasteiger partial charge in [-0.2, -0.15) is 0 Å². The molecule has 1 aromatic carbocycles. The summed E-state index contributed by atoms with van der Waals surface area (Å²) in [6.45, 7) is 6.03. The van der Waals surface area contributed by atoms with Gasteiger partial charge in [-0.1, -0.05) is 24.3 Å². The first kappa shape index (κ1) is 11.2. The Kier molecular flexibility index (Phi) is 4.11. The summed E-state index contributed by atoms with van der Waals surface area (Å²) in [5, 5.41) is 0. The van der Waals surface area contributed by atoms with Crippen molar-refractivity contribution in [3.05, 3.63) is 35.4 Å². The lowest BCUT2D eigenvalue weighted by Gasteiger charge is -2.25. The Bertz CT molecular complexity index is 283. The minimum atomic E-state index is 0.444. The van der Waals surface area contributed by atoms with Gasteiger partial charge in [-0.25, -0.2) is 0 Å². The molecule has 1 rings (SSSR count). The molecule has 0 bridgehead atoms. The zero-order valence-electron chi connectivity index (χ0n) is 9.33. The Hall–Kier alpha value is -0.860. The van der Waals surface area contributed by atoms with Crippen LogP contribution in [0.1, 0.15) is 24.1 Å². The standard InChI is InChI=1S/C12H20N2/c1-10-6-4-5-7-12(10)11(2)14(3)9-8-13/h4-7,11H,8-9,13H2,1-3H3. The molecule has 0 saturated heterocycles. The molecule has 0 fully saturated rings. The summed E-state index contributed by atoms with van der Waals surface area (Å²) < 4.78 is 0. The maximum atomic E-state index is 5.54. The van der Waals surface area contributed by atoms with Crippen LogP contribution in [0.25, 0.3) is 0 Å². The minimum absolute atomic E-state index is 0.444. The van der Waals surface area contributed by atoms with Gasteiger partial charge in [0.1, 0.15) is 0 Å². The number of likely N-dealkylation sites (N-methyl/N-ethyl adjacent to an activating group) is 1. The van der Waals surface area contributed by atoms with E-state index >= 15 is 0 Å². The van der Waals surface area contributed by atoms with E-state index in [0.29, 0.717) is 12.6 Å². The molecule has 0 heterocycles. The zero-order valence-corrected chi connectivity index (χ0v) is 9.33. The molecule has 0 aromatic heterocycles. The number of nitrogens with two attached hydrogens (primary N) is 1. The van der Waals surface area contributed by atoms with Crippen molar-refractivity contribution in [2.75, 3.05) is 20.1 Å². The summed E-state index contributed by atoms with van der Waals surface area (Å²) in [6.07, 6.45) is 0. The van der Waals surface area contributed by atoms with E-state index in [1.54, 1.807) is 0 Å². The molecule has 0 aliphatic heterocycles. The van der Waals surface area contributed by atoms with Crippen molar-refractivity contribution >= 4 is 0 Å². The first-order valence-corrected chi connectivity index (χ1v) is 5.12. The number of nitrogens with zero attached hydrogens (tertiary/aromatic N) is 1. The third-order valence-corrected chi connectivity index (χ3v) is 2.78. The summed E-state index contributed by atoms with van der Waals surface area (Å²) in [7, 11) is 2.12. The lowest BCUT2D eigenvalue weighted by molar-refractivity contribution is 0.268. The Morgan fingerprint density at radius 2 is 2.00 bits per heavy atom. The number of benzene rings is 1. The fraction of sp³-hybridized carbons (Fsp3) is 0.500. The maximum Gasteiger partial charge on any atom is 0.0319 e. The molecule has 0 aliphatic carbocycles. The van der Waals surface area contributed by atoms with Gasteiger partial charge in [-0.05, 0) is 32.0 Å². The van der Waals surface area contributed by atoms with Crippen LogP contribution in [0, 0.1) is 6.92 Å². The van der Waals surface area contributed by atoms with Crippen molar-refractivity contribution in [3.63, 3.8) is 0 Å². The van der Waals surface area contributed by atoms with Crippen LogP contribution in [0.2, 0.25) is 0 Å². The number of hydrogen-bond donors (Lipinski definition) is 1. The Morgan fingerprint density at radius 3 is 2.57 bits per heavy atom. The third-order valence-electron chi connectivity index (χ3n) is 2.78. The van der Waals surface area contributed by atoms with Crippen molar-refractivity contribution in [3.8, 4) is 0 Å². The predicted octanol–water partition coefficient (Wildman–Crippen LogP) is 1.95. The Morgan fingerprint density at radius 1 is 1.36 bits per heavy atom. The van der Waals surface area contributed by atoms with E-state index in [1.807, 2.05) is 0 Å². The van der Waals surface area contributed by atoms with E-state index < -0.39 is 0 Å². The normalized spacial score (nSPS) is 13.2. The molecule has 0 amide bonds. The molecule has 0 radical (unpaired) electrons. The van der Waals surface area contributed by atoms with Crippen LogP contribution in [-0.2, 0) is 0 Å². The van der Waals surface area contributed by atoms with Gasteiger partial charge in [0.15, 0.2) is 0 Å². The summed E-state index contributed by atoms with van der Waals surface area (Å²) in [6, 6.07) is 8.96. The average molecular weight is 192 g/mol. The summed E-state index contributed by atoms with van der Waals surface area (Å²) in [5.41, 5.74) is 8.28. The van der Waals surface area contributed by atoms with Gasteiger partial charge in [0.25, 0.3) is 0 Å². The second kappa shape index (κ2) is 5.13. The fourth-order valence-corrected chi connectivity index (χ4v) is 1.69. The molecule has 1 unspecified atom stereocenters. The zero-order chi connectivity index (χ0) is 10.6. The second-order valence-corrected chi connectivity index (χ2v) is 3.80. The van der Waals surface area contributed by atoms with E-state index in [-0.39, 0.29) is 0 Å². The lowest BCUT2D eigenvalue weighted by Crippen LogP contribution is -2.28. The Labute approximate surface area is 86.7 Å². The van der Waals surface area contributed by atoms with Gasteiger partial charge in [0.05, 0.1) is 0 Å². The highest BCUT2D eigenvalue weighted by Crippen LogP contribution is 2.21. The molecule has 14 heavy (non-hydrogen) atoms. The van der Waals surface area contributed by atoms with Crippen LogP contribution in [-0.4, -0.2) is 25.0 Å². The molecule has 0 spiro atoms. The highest BCUT2D eigenvalue weighted by molar-refractivity contribution is 5.28. The summed E-state index contributed by atoms with van der Waals surface area (Å²) in [5.74, 6) is 0. The molecule has 0 aliphatic rings. The largest absolute Gasteiger partial charge is 0.329 e. The maximum absolute atomic E-state index is 5.54. The van der Waals surface area contributed by atoms with Gasteiger partial charge >= 0.3 is 0 Å². The van der Waals surface area contributed by atoms with Crippen LogP contribution < -0.4 is 5.73 Å². The van der Waals surface area contributed by atoms with Crippen LogP contribution in [0.5, 0.6) is 0 Å². The number of aryl methyl sites for hydroxylation is 1. The van der Waals surface area contributed by atoms with Gasteiger partial charge in [-0.3, -0.25) is 4.90 Å². The number of rotatable bonds is 4. The van der Waals surface area contributed by atoms with E-state index in [0.717, 1.165) is 6.54 Å². The van der Waals surface area contributed by atoms with Crippen molar-refractivity contribution in [2.45, 2.75) is 19.9 Å². The monoisotopic (exact) mass is 192 g/mol. The number of hydrogen-bond acceptors (Lipinski definition) is 2. The van der Waals surface area contributed by atoms with E-state index in [2.05, 4.69) is 50.1 Å². The van der Waals surface area contributed by atoms with Crippen LogP contribution >= 0.6 is 0 Å². The van der Waals surface area contributed by atoms with Crippen molar-refractivity contribution in [1.29, 1.82) is 0 Å². The van der Waals surface area contributed by atoms with Gasteiger partial charge < -0.3 is 5.73 Å². The quantitative estimate of drug-likeness (QED) is 0.790. The van der Waals surface area contributed by atoms with Crippen LogP contribution in [0.15, 0.2) is 24.3 Å². The van der Waals surface area contributed by atoms with E-state index in [4.69, 9.17) is 5.73 Å². The molecule has 1 atom stereocenters. The summed E-state index contributed by atoms with van der Waals surface area (Å²) >= 11 is 0. The molecule has 2 N–H and O–H groups in total.